The molecule has 2 aliphatic rings. The van der Waals surface area contributed by atoms with Gasteiger partial charge in [0.05, 0.1) is 8.07 Å². The molecule has 0 saturated carbocycles. The molecule has 0 spiro atoms. The van der Waals surface area contributed by atoms with E-state index < -0.39 is 8.07 Å². The molecule has 2 unspecified atom stereocenters. The largest absolute Gasteiger partial charge is 0.462 e. The maximum atomic E-state index is 6.48. The van der Waals surface area contributed by atoms with E-state index in [1.54, 1.807) is 0 Å². The average molecular weight is 685 g/mol. The van der Waals surface area contributed by atoms with Gasteiger partial charge in [-0.25, -0.2) is 0 Å². The number of fused-ring (bicyclic) bond motifs is 2. The second-order valence-corrected chi connectivity index (χ2v) is 20.7. The fraction of sp³-hybridized carbons (Fsp3) is 0.250. The summed E-state index contributed by atoms with van der Waals surface area (Å²) in [4.78, 5) is 0. The van der Waals surface area contributed by atoms with Crippen LogP contribution in [0.1, 0.15) is 107 Å². The van der Waals surface area contributed by atoms with Crippen LogP contribution in [-0.4, -0.2) is 8.07 Å². The summed E-state index contributed by atoms with van der Waals surface area (Å²) in [6.45, 7) is 18.3. The van der Waals surface area contributed by atoms with Crippen LogP contribution in [-0.2, 0) is 0 Å². The van der Waals surface area contributed by atoms with Gasteiger partial charge in [-0.1, -0.05) is 126 Å². The van der Waals surface area contributed by atoms with Gasteiger partial charge in [0.15, 0.2) is 0 Å². The van der Waals surface area contributed by atoms with Crippen LogP contribution in [0.5, 0.6) is 0 Å². The molecule has 0 amide bonds. The Balaban J connectivity index is 1.31. The van der Waals surface area contributed by atoms with Crippen LogP contribution in [0, 0.1) is 13.8 Å². The predicted molar refractivity (Wildman–Crippen MR) is 218 cm³/mol. The van der Waals surface area contributed by atoms with Crippen molar-refractivity contribution in [2.75, 3.05) is 0 Å². The number of aryl methyl sites for hydroxylation is 2. The maximum Gasteiger partial charge on any atom is 0.130 e. The molecule has 2 aromatic heterocycles. The zero-order chi connectivity index (χ0) is 35.6. The lowest BCUT2D eigenvalue weighted by Gasteiger charge is -2.39. The van der Waals surface area contributed by atoms with E-state index in [0.717, 1.165) is 23.0 Å². The highest BCUT2D eigenvalue weighted by molar-refractivity contribution is 6.84. The fourth-order valence-electron chi connectivity index (χ4n) is 8.78. The normalized spacial score (nSPS) is 16.8. The van der Waals surface area contributed by atoms with Gasteiger partial charge < -0.3 is 8.83 Å². The average Bonchev–Trinajstić information content (AvgIpc) is 3.92. The minimum Gasteiger partial charge on any atom is -0.462 e. The number of hydrogen-bond acceptors (Lipinski definition) is 2. The van der Waals surface area contributed by atoms with Crippen molar-refractivity contribution in [3.05, 3.63) is 166 Å². The van der Waals surface area contributed by atoms with Gasteiger partial charge in [-0.15, -0.1) is 0 Å². The predicted octanol–water partition coefficient (Wildman–Crippen LogP) is 13.8. The summed E-state index contributed by atoms with van der Waals surface area (Å²) in [5, 5.41) is 0. The highest BCUT2D eigenvalue weighted by atomic mass is 28.3. The quantitative estimate of drug-likeness (QED) is 0.149. The van der Waals surface area contributed by atoms with Gasteiger partial charge >= 0.3 is 0 Å². The molecule has 2 nitrogen and oxygen atoms in total. The summed E-state index contributed by atoms with van der Waals surface area (Å²) in [7, 11) is -2.36. The third-order valence-electron chi connectivity index (χ3n) is 11.4. The van der Waals surface area contributed by atoms with Gasteiger partial charge in [0.1, 0.15) is 23.0 Å². The highest BCUT2D eigenvalue weighted by Crippen LogP contribution is 2.58. The Kier molecular flexibility index (Phi) is 8.30. The molecule has 3 heteroatoms. The van der Waals surface area contributed by atoms with Crippen molar-refractivity contribution in [2.24, 2.45) is 0 Å². The van der Waals surface area contributed by atoms with Crippen LogP contribution in [0.25, 0.3) is 45.6 Å². The smallest absolute Gasteiger partial charge is 0.130 e. The molecule has 256 valence electrons. The first-order chi connectivity index (χ1) is 24.5. The molecule has 2 atom stereocenters. The van der Waals surface area contributed by atoms with E-state index in [1.165, 1.54) is 66.8 Å². The number of hydrogen-bond donors (Lipinski definition) is 0. The first kappa shape index (κ1) is 33.3. The molecule has 0 N–H and O–H groups in total. The molecule has 2 aliphatic carbocycles. The van der Waals surface area contributed by atoms with Gasteiger partial charge in [-0.05, 0) is 118 Å². The summed E-state index contributed by atoms with van der Waals surface area (Å²) in [5.74, 6) is 4.84. The van der Waals surface area contributed by atoms with E-state index >= 15 is 0 Å². The second kappa shape index (κ2) is 12.7. The van der Waals surface area contributed by atoms with E-state index in [4.69, 9.17) is 8.83 Å². The van der Waals surface area contributed by atoms with Gasteiger partial charge in [0, 0.05) is 22.2 Å². The number of allylic oxidation sites excluding steroid dienone is 2. The Morgan fingerprint density at radius 3 is 1.22 bits per heavy atom. The lowest BCUT2D eigenvalue weighted by atomic mass is 9.94. The summed E-state index contributed by atoms with van der Waals surface area (Å²) in [6, 6.07) is 40.8. The van der Waals surface area contributed by atoms with Crippen molar-refractivity contribution < 1.29 is 8.83 Å². The van der Waals surface area contributed by atoms with Crippen molar-refractivity contribution in [3.8, 4) is 22.3 Å². The number of benzene rings is 4. The van der Waals surface area contributed by atoms with Crippen LogP contribution in [0.3, 0.4) is 0 Å². The van der Waals surface area contributed by atoms with Crippen LogP contribution in [0.15, 0.2) is 118 Å². The monoisotopic (exact) mass is 684 g/mol. The van der Waals surface area contributed by atoms with Crippen molar-refractivity contribution in [1.82, 2.24) is 0 Å². The molecular weight excluding hydrogens is 637 g/mol. The van der Waals surface area contributed by atoms with Crippen molar-refractivity contribution >= 4 is 31.4 Å². The second-order valence-electron chi connectivity index (χ2n) is 15.9. The maximum absolute atomic E-state index is 6.48. The third-order valence-corrected chi connectivity index (χ3v) is 15.7. The summed E-state index contributed by atoms with van der Waals surface area (Å²) < 4.78 is 13.0. The van der Waals surface area contributed by atoms with E-state index in [0.29, 0.717) is 11.8 Å². The zero-order valence-corrected chi connectivity index (χ0v) is 32.2. The highest BCUT2D eigenvalue weighted by Gasteiger charge is 2.50. The van der Waals surface area contributed by atoms with Crippen LogP contribution >= 0.6 is 0 Å². The van der Waals surface area contributed by atoms with Crippen LogP contribution in [0.4, 0.5) is 0 Å². The van der Waals surface area contributed by atoms with Gasteiger partial charge in [0.25, 0.3) is 0 Å². The minimum atomic E-state index is -2.36. The van der Waals surface area contributed by atoms with Gasteiger partial charge in [-0.3, -0.25) is 0 Å². The van der Waals surface area contributed by atoms with E-state index in [9.17, 15) is 0 Å². The van der Waals surface area contributed by atoms with Crippen molar-refractivity contribution in [2.45, 2.75) is 77.6 Å². The standard InChI is InChI=1S/C48H48O2Si/c1-29(2)33-17-21-35(22-18-33)37-11-9-13-39-41(37)27-43(45-25-15-31(5)49-45)47(39)51(7,8)48-40-14-10-12-38(36-23-19-34(20-24-36)30(3)4)42(40)28-44(48)46-26-16-32(6)50-46/h9-30,47-48H,1-8H3. The molecule has 0 saturated heterocycles. The summed E-state index contributed by atoms with van der Waals surface area (Å²) in [6.07, 6.45) is 4.89. The molecule has 6 aromatic rings. The Bertz CT molecular complexity index is 2140. The summed E-state index contributed by atoms with van der Waals surface area (Å²) in [5.41, 5.74) is 16.3. The molecule has 0 bridgehead atoms. The fourth-order valence-corrected chi connectivity index (χ4v) is 13.3. The molecular formula is C48H48O2Si. The Labute approximate surface area is 304 Å². The van der Waals surface area contributed by atoms with Crippen molar-refractivity contribution in [3.63, 3.8) is 0 Å². The van der Waals surface area contributed by atoms with Crippen LogP contribution in [0.2, 0.25) is 13.1 Å². The lowest BCUT2D eigenvalue weighted by molar-refractivity contribution is 0.519. The number of furan rings is 2. The first-order valence-electron chi connectivity index (χ1n) is 18.5. The first-order valence-corrected chi connectivity index (χ1v) is 21.7. The Morgan fingerprint density at radius 1 is 0.490 bits per heavy atom. The molecule has 51 heavy (non-hydrogen) atoms. The molecule has 0 aliphatic heterocycles. The van der Waals surface area contributed by atoms with E-state index in [-0.39, 0.29) is 11.1 Å². The minimum absolute atomic E-state index is 0.206. The molecule has 0 radical (unpaired) electrons. The summed E-state index contributed by atoms with van der Waals surface area (Å²) >= 11 is 0. The molecule has 0 fully saturated rings. The Hall–Kier alpha value is -4.86. The zero-order valence-electron chi connectivity index (χ0n) is 31.2. The van der Waals surface area contributed by atoms with E-state index in [1.807, 2.05) is 13.8 Å². The molecule has 8 rings (SSSR count). The molecule has 4 aromatic carbocycles. The van der Waals surface area contributed by atoms with Gasteiger partial charge in [0.2, 0.25) is 0 Å². The lowest BCUT2D eigenvalue weighted by Crippen LogP contribution is -2.42. The third kappa shape index (κ3) is 5.72. The van der Waals surface area contributed by atoms with Crippen LogP contribution < -0.4 is 0 Å². The number of rotatable bonds is 8. The van der Waals surface area contributed by atoms with Gasteiger partial charge in [-0.2, -0.15) is 0 Å². The topological polar surface area (TPSA) is 26.3 Å². The van der Waals surface area contributed by atoms with Crippen molar-refractivity contribution in [1.29, 1.82) is 0 Å². The molecule has 2 heterocycles. The Morgan fingerprint density at radius 2 is 0.882 bits per heavy atom. The SMILES string of the molecule is Cc1ccc(C2=Cc3c(-c4ccc(C(C)C)cc4)cccc3C2[Si](C)(C)C2C(c3ccc(C)o3)=Cc3c(-c4ccc(C(C)C)cc4)cccc32)o1. The van der Waals surface area contributed by atoms with E-state index in [2.05, 4.69) is 162 Å².